The van der Waals surface area contributed by atoms with Crippen LogP contribution >= 0.6 is 11.6 Å². The highest BCUT2D eigenvalue weighted by molar-refractivity contribution is 7.92. The van der Waals surface area contributed by atoms with Gasteiger partial charge in [0.1, 0.15) is 12.4 Å². The van der Waals surface area contributed by atoms with E-state index >= 15 is 0 Å². The number of hydrogen-bond donors (Lipinski definition) is 1. The zero-order chi connectivity index (χ0) is 17.8. The monoisotopic (exact) mass is 374 g/mol. The van der Waals surface area contributed by atoms with Crippen molar-refractivity contribution in [2.75, 3.05) is 39.5 Å². The summed E-state index contributed by atoms with van der Waals surface area (Å²) in [4.78, 5) is 14.2. The summed E-state index contributed by atoms with van der Waals surface area (Å²) in [6.07, 6.45) is 1.74. The summed E-state index contributed by atoms with van der Waals surface area (Å²) in [7, 11) is -1.89. The Morgan fingerprint density at radius 3 is 2.62 bits per heavy atom. The summed E-state index contributed by atoms with van der Waals surface area (Å²) >= 11 is 5.89. The maximum Gasteiger partial charge on any atom is 0.243 e. The number of likely N-dealkylation sites (N-methyl/N-ethyl adjacent to an activating group) is 1. The van der Waals surface area contributed by atoms with Gasteiger partial charge in [-0.15, -0.1) is 0 Å². The van der Waals surface area contributed by atoms with Gasteiger partial charge in [0.25, 0.3) is 0 Å². The Labute approximate surface area is 148 Å². The predicted octanol–water partition coefficient (Wildman–Crippen LogP) is 1.34. The van der Waals surface area contributed by atoms with Gasteiger partial charge in [-0.3, -0.25) is 4.79 Å². The fraction of sp³-hybridized carbons (Fsp3) is 0.562. The number of nitrogens with zero attached hydrogens (tertiary/aromatic N) is 1. The lowest BCUT2D eigenvalue weighted by Gasteiger charge is -2.37. The largest absolute Gasteiger partial charge is 0.492 e. The lowest BCUT2D eigenvalue weighted by molar-refractivity contribution is -0.133. The molecule has 8 heteroatoms. The first-order valence-electron chi connectivity index (χ1n) is 7.80. The number of carbonyl (C=O) groups excluding carboxylic acids is 1. The highest BCUT2D eigenvalue weighted by Gasteiger charge is 2.49. The molecule has 1 N–H and O–H groups in total. The van der Waals surface area contributed by atoms with Crippen LogP contribution in [0.1, 0.15) is 12.8 Å². The summed E-state index contributed by atoms with van der Waals surface area (Å²) < 4.78 is 28.8. The summed E-state index contributed by atoms with van der Waals surface area (Å²) in [6, 6.07) is 6.99. The van der Waals surface area contributed by atoms with Crippen molar-refractivity contribution >= 4 is 27.3 Å². The molecule has 1 amide bonds. The van der Waals surface area contributed by atoms with Gasteiger partial charge >= 0.3 is 0 Å². The van der Waals surface area contributed by atoms with Crippen molar-refractivity contribution in [3.63, 3.8) is 0 Å². The molecule has 1 aromatic carbocycles. The van der Waals surface area contributed by atoms with Gasteiger partial charge in [0, 0.05) is 18.3 Å². The molecule has 1 saturated heterocycles. The second kappa shape index (κ2) is 7.72. The molecule has 1 heterocycles. The summed E-state index contributed by atoms with van der Waals surface area (Å²) in [5.41, 5.74) is 0. The van der Waals surface area contributed by atoms with Crippen molar-refractivity contribution in [2.45, 2.75) is 17.6 Å². The highest BCUT2D eigenvalue weighted by atomic mass is 35.5. The van der Waals surface area contributed by atoms with Crippen molar-refractivity contribution in [3.05, 3.63) is 29.3 Å². The molecule has 0 saturated carbocycles. The van der Waals surface area contributed by atoms with E-state index in [-0.39, 0.29) is 12.5 Å². The van der Waals surface area contributed by atoms with E-state index < -0.39 is 14.6 Å². The van der Waals surface area contributed by atoms with Gasteiger partial charge in [-0.2, -0.15) is 0 Å². The van der Waals surface area contributed by atoms with Gasteiger partial charge in [0.15, 0.2) is 14.6 Å². The number of carbonyl (C=O) groups is 1. The zero-order valence-corrected chi connectivity index (χ0v) is 15.5. The van der Waals surface area contributed by atoms with Gasteiger partial charge < -0.3 is 15.0 Å². The van der Waals surface area contributed by atoms with Gasteiger partial charge in [-0.05, 0) is 44.1 Å². The zero-order valence-electron chi connectivity index (χ0n) is 13.9. The van der Waals surface area contributed by atoms with Crippen LogP contribution in [0.4, 0.5) is 0 Å². The third kappa shape index (κ3) is 4.20. The Hall–Kier alpha value is -1.31. The van der Waals surface area contributed by atoms with E-state index in [2.05, 4.69) is 5.32 Å². The number of amides is 1. The summed E-state index contributed by atoms with van der Waals surface area (Å²) in [5, 5.41) is 3.67. The van der Waals surface area contributed by atoms with Crippen LogP contribution in [-0.4, -0.2) is 63.5 Å². The number of benzene rings is 1. The quantitative estimate of drug-likeness (QED) is 0.813. The predicted molar refractivity (Wildman–Crippen MR) is 94.3 cm³/mol. The van der Waals surface area contributed by atoms with Crippen LogP contribution in [0.5, 0.6) is 5.75 Å². The van der Waals surface area contributed by atoms with E-state index in [0.29, 0.717) is 43.2 Å². The number of piperidine rings is 1. The van der Waals surface area contributed by atoms with Gasteiger partial charge in [-0.1, -0.05) is 17.7 Å². The van der Waals surface area contributed by atoms with Crippen molar-refractivity contribution in [2.24, 2.45) is 0 Å². The van der Waals surface area contributed by atoms with Gasteiger partial charge in [-0.25, -0.2) is 8.42 Å². The molecule has 0 radical (unpaired) electrons. The number of nitrogens with one attached hydrogen (secondary N) is 1. The molecule has 134 valence electrons. The lowest BCUT2D eigenvalue weighted by Crippen LogP contribution is -2.57. The molecular formula is C16H23ClN2O4S. The average molecular weight is 375 g/mol. The fourth-order valence-electron chi connectivity index (χ4n) is 2.88. The van der Waals surface area contributed by atoms with Crippen LogP contribution in [0.15, 0.2) is 24.3 Å². The van der Waals surface area contributed by atoms with Crippen LogP contribution in [-0.2, 0) is 14.6 Å². The van der Waals surface area contributed by atoms with Crippen molar-refractivity contribution in [1.29, 1.82) is 0 Å². The molecule has 1 fully saturated rings. The standard InChI is InChI=1S/C16H23ClN2O4S/c1-19(10-11-23-14-5-3-4-13(17)12-14)15(20)16(24(2,21)22)6-8-18-9-7-16/h3-5,12,18H,6-11H2,1-2H3. The Morgan fingerprint density at radius 1 is 1.38 bits per heavy atom. The summed E-state index contributed by atoms with van der Waals surface area (Å²) in [5.74, 6) is 0.254. The van der Waals surface area contributed by atoms with Crippen molar-refractivity contribution < 1.29 is 17.9 Å². The fourth-order valence-corrected chi connectivity index (χ4v) is 4.48. The van der Waals surface area contributed by atoms with Crippen LogP contribution in [0.25, 0.3) is 0 Å². The van der Waals surface area contributed by atoms with Gasteiger partial charge in [0.05, 0.1) is 6.54 Å². The molecule has 2 rings (SSSR count). The Morgan fingerprint density at radius 2 is 2.04 bits per heavy atom. The smallest absolute Gasteiger partial charge is 0.243 e. The number of ether oxygens (including phenoxy) is 1. The molecule has 24 heavy (non-hydrogen) atoms. The minimum atomic E-state index is -3.50. The highest BCUT2D eigenvalue weighted by Crippen LogP contribution is 2.29. The maximum absolute atomic E-state index is 12.8. The van der Waals surface area contributed by atoms with Gasteiger partial charge in [0.2, 0.25) is 5.91 Å². The molecule has 0 aromatic heterocycles. The first-order valence-corrected chi connectivity index (χ1v) is 10.1. The number of hydrogen-bond acceptors (Lipinski definition) is 5. The molecule has 0 aliphatic carbocycles. The third-order valence-electron chi connectivity index (χ3n) is 4.35. The maximum atomic E-state index is 12.8. The van der Waals surface area contributed by atoms with E-state index in [4.69, 9.17) is 16.3 Å². The summed E-state index contributed by atoms with van der Waals surface area (Å²) in [6.45, 7) is 1.61. The SMILES string of the molecule is CN(CCOc1cccc(Cl)c1)C(=O)C1(S(C)(=O)=O)CCNCC1. The second-order valence-corrected chi connectivity index (χ2v) is 8.81. The van der Waals surface area contributed by atoms with Crippen LogP contribution in [0.2, 0.25) is 5.02 Å². The van der Waals surface area contributed by atoms with Crippen molar-refractivity contribution in [1.82, 2.24) is 10.2 Å². The molecule has 0 unspecified atom stereocenters. The molecular weight excluding hydrogens is 352 g/mol. The Balaban J connectivity index is 1.99. The molecule has 6 nitrogen and oxygen atoms in total. The Kier molecular flexibility index (Phi) is 6.11. The normalized spacial score (nSPS) is 17.3. The number of sulfone groups is 1. The molecule has 0 bridgehead atoms. The minimum absolute atomic E-state index is 0.265. The van der Waals surface area contributed by atoms with E-state index in [1.807, 2.05) is 0 Å². The third-order valence-corrected chi connectivity index (χ3v) is 6.59. The number of rotatable bonds is 6. The lowest BCUT2D eigenvalue weighted by atomic mass is 9.95. The van der Waals surface area contributed by atoms with Crippen molar-refractivity contribution in [3.8, 4) is 5.75 Å². The Bertz CT molecular complexity index is 687. The topological polar surface area (TPSA) is 75.7 Å². The average Bonchev–Trinajstić information content (AvgIpc) is 2.53. The molecule has 1 aliphatic rings. The first-order chi connectivity index (χ1) is 11.3. The van der Waals surface area contributed by atoms with E-state index in [9.17, 15) is 13.2 Å². The molecule has 1 aromatic rings. The van der Waals surface area contributed by atoms with Crippen LogP contribution in [0.3, 0.4) is 0 Å². The molecule has 0 atom stereocenters. The van der Waals surface area contributed by atoms with Crippen LogP contribution < -0.4 is 10.1 Å². The van der Waals surface area contributed by atoms with E-state index in [1.165, 1.54) is 4.90 Å². The second-order valence-electron chi connectivity index (χ2n) is 6.05. The molecule has 0 spiro atoms. The number of halogens is 1. The first kappa shape index (κ1) is 19.0. The van der Waals surface area contributed by atoms with E-state index in [1.54, 1.807) is 31.3 Å². The van der Waals surface area contributed by atoms with Crippen LogP contribution in [0, 0.1) is 0 Å². The van der Waals surface area contributed by atoms with E-state index in [0.717, 1.165) is 6.26 Å². The minimum Gasteiger partial charge on any atom is -0.492 e. The molecule has 1 aliphatic heterocycles.